The number of rotatable bonds is 11. The van der Waals surface area contributed by atoms with Gasteiger partial charge < -0.3 is 10.4 Å². The van der Waals surface area contributed by atoms with Gasteiger partial charge in [0.2, 0.25) is 15.9 Å². The third kappa shape index (κ3) is 7.69. The zero-order valence-corrected chi connectivity index (χ0v) is 31.8. The van der Waals surface area contributed by atoms with Crippen LogP contribution in [0.2, 0.25) is 5.02 Å². The van der Waals surface area contributed by atoms with Crippen molar-refractivity contribution in [2.45, 2.75) is 62.6 Å². The van der Waals surface area contributed by atoms with Crippen LogP contribution < -0.4 is 10.0 Å². The van der Waals surface area contributed by atoms with Crippen LogP contribution in [-0.2, 0) is 40.8 Å². The monoisotopic (exact) mass is 855 g/mol. The average Bonchev–Trinajstić information content (AvgIpc) is 3.65. The molecule has 2 aliphatic carbocycles. The molecule has 4 atom stereocenters. The van der Waals surface area contributed by atoms with E-state index < -0.39 is 94.2 Å². The molecule has 1 fully saturated rings. The summed E-state index contributed by atoms with van der Waals surface area (Å²) in [6.45, 7) is -0.244. The molecule has 1 amide bonds. The van der Waals surface area contributed by atoms with Crippen LogP contribution in [0.25, 0.3) is 22.0 Å². The standard InChI is InChI=1S/C37H30ClF8N7O4S/c1-36(55,35(43)44)9-8-19-4-5-20(21-6-7-24(38)28-31(21)52(2)50-34(28)51-58(3,56)57)29(47-19)25(12-16-10-17(39)13-18(40)11-16)48-26(54)15-53-32-27(30(49-53)33(41)42)22-14-23(22)37(32,45)46/h4-7,10-11,13,22-23,25,33,35,55H,12,14-15H2,1-3H3,(H,48,54)(H,50,51)/t22-,23+,25-,36?/m0/s1. The lowest BCUT2D eigenvalue weighted by atomic mass is 9.93. The SMILES string of the molecule is Cn1nc(NS(C)(=O)=O)c2c(Cl)ccc(-c3ccc(C#CC(C)(O)C(F)F)nc3[C@H](Cc3cc(F)cc(F)c3)NC(=O)Cn3nc(C(F)F)c4c3C(F)(F)[C@@H]3C[C@H]43)c21. The van der Waals surface area contributed by atoms with Crippen LogP contribution in [0.15, 0.2) is 42.5 Å². The lowest BCUT2D eigenvalue weighted by Crippen LogP contribution is -2.35. The van der Waals surface area contributed by atoms with Crippen molar-refractivity contribution >= 4 is 44.3 Å². The number of amides is 1. The molecule has 3 aromatic heterocycles. The smallest absolute Gasteiger partial charge is 0.293 e. The predicted octanol–water partition coefficient (Wildman–Crippen LogP) is 6.75. The molecule has 306 valence electrons. The minimum atomic E-state index is -3.89. The van der Waals surface area contributed by atoms with Crippen molar-refractivity contribution in [3.05, 3.63) is 93.0 Å². The predicted molar refractivity (Wildman–Crippen MR) is 194 cm³/mol. The van der Waals surface area contributed by atoms with Crippen LogP contribution >= 0.6 is 11.6 Å². The molecule has 0 saturated heterocycles. The fourth-order valence-electron chi connectivity index (χ4n) is 7.26. The third-order valence-electron chi connectivity index (χ3n) is 9.79. The molecule has 1 saturated carbocycles. The summed E-state index contributed by atoms with van der Waals surface area (Å²) < 4.78 is 143. The fraction of sp³-hybridized carbons (Fsp3) is 0.351. The van der Waals surface area contributed by atoms with Crippen LogP contribution in [0.1, 0.15) is 65.6 Å². The number of alkyl halides is 6. The maximum absolute atomic E-state index is 15.4. The van der Waals surface area contributed by atoms with Gasteiger partial charge >= 0.3 is 0 Å². The summed E-state index contributed by atoms with van der Waals surface area (Å²) in [5.74, 6) is -4.50. The molecule has 0 spiro atoms. The first-order valence-electron chi connectivity index (χ1n) is 17.2. The molecule has 58 heavy (non-hydrogen) atoms. The molecular formula is C37H30ClF8N7O4S. The number of hydrogen-bond donors (Lipinski definition) is 3. The van der Waals surface area contributed by atoms with E-state index in [0.29, 0.717) is 10.7 Å². The van der Waals surface area contributed by atoms with Gasteiger partial charge in [-0.25, -0.2) is 39.7 Å². The number of hydrogen-bond acceptors (Lipinski definition) is 7. The van der Waals surface area contributed by atoms with Crippen molar-refractivity contribution in [1.82, 2.24) is 29.9 Å². The van der Waals surface area contributed by atoms with E-state index in [4.69, 9.17) is 11.6 Å². The molecule has 21 heteroatoms. The number of nitrogens with one attached hydrogen (secondary N) is 2. The Morgan fingerprint density at radius 3 is 2.38 bits per heavy atom. The number of carbonyl (C=O) groups is 1. The first-order chi connectivity index (χ1) is 27.1. The number of pyridine rings is 1. The first-order valence-corrected chi connectivity index (χ1v) is 19.5. The van der Waals surface area contributed by atoms with E-state index >= 15 is 8.78 Å². The Hall–Kier alpha value is -5.26. The Bertz CT molecular complexity index is 2660. The van der Waals surface area contributed by atoms with Crippen molar-refractivity contribution in [2.75, 3.05) is 11.0 Å². The highest BCUT2D eigenvalue weighted by Crippen LogP contribution is 2.68. The number of benzene rings is 2. The lowest BCUT2D eigenvalue weighted by Gasteiger charge is -2.23. The van der Waals surface area contributed by atoms with E-state index in [1.807, 2.05) is 5.92 Å². The Morgan fingerprint density at radius 1 is 1.07 bits per heavy atom. The molecule has 3 N–H and O–H groups in total. The van der Waals surface area contributed by atoms with Crippen molar-refractivity contribution in [3.8, 4) is 23.0 Å². The molecule has 2 aromatic carbocycles. The Morgan fingerprint density at radius 2 is 1.74 bits per heavy atom. The highest BCUT2D eigenvalue weighted by molar-refractivity contribution is 7.92. The third-order valence-corrected chi connectivity index (χ3v) is 10.7. The highest BCUT2D eigenvalue weighted by atomic mass is 35.5. The summed E-state index contributed by atoms with van der Waals surface area (Å²) in [5.41, 5.74) is -4.70. The van der Waals surface area contributed by atoms with Gasteiger partial charge in [0.25, 0.3) is 18.8 Å². The number of carbonyl (C=O) groups excluding carboxylic acids is 1. The summed E-state index contributed by atoms with van der Waals surface area (Å²) in [5, 5.41) is 20.8. The molecule has 5 aromatic rings. The van der Waals surface area contributed by atoms with Gasteiger partial charge in [0, 0.05) is 35.7 Å². The topological polar surface area (TPSA) is 144 Å². The second kappa shape index (κ2) is 14.5. The maximum atomic E-state index is 15.4. The van der Waals surface area contributed by atoms with Gasteiger partial charge in [0.15, 0.2) is 11.4 Å². The largest absolute Gasteiger partial charge is 0.372 e. The molecule has 2 aliphatic rings. The Balaban J connectivity index is 1.40. The minimum Gasteiger partial charge on any atom is -0.372 e. The van der Waals surface area contributed by atoms with E-state index in [-0.39, 0.29) is 61.8 Å². The van der Waals surface area contributed by atoms with E-state index in [9.17, 15) is 44.7 Å². The van der Waals surface area contributed by atoms with Crippen molar-refractivity contribution in [1.29, 1.82) is 0 Å². The zero-order valence-electron chi connectivity index (χ0n) is 30.3. The van der Waals surface area contributed by atoms with Crippen molar-refractivity contribution < 1.29 is 53.4 Å². The number of sulfonamides is 1. The van der Waals surface area contributed by atoms with Gasteiger partial charge in [-0.15, -0.1) is 0 Å². The Kier molecular flexibility index (Phi) is 10.3. The molecular weight excluding hydrogens is 826 g/mol. The van der Waals surface area contributed by atoms with Crippen LogP contribution in [0, 0.1) is 29.4 Å². The zero-order chi connectivity index (χ0) is 42.2. The van der Waals surface area contributed by atoms with Gasteiger partial charge in [-0.05, 0) is 67.5 Å². The summed E-state index contributed by atoms with van der Waals surface area (Å²) in [4.78, 5) is 18.4. The van der Waals surface area contributed by atoms with E-state index in [2.05, 4.69) is 31.1 Å². The molecule has 11 nitrogen and oxygen atoms in total. The van der Waals surface area contributed by atoms with Gasteiger partial charge in [0.05, 0.1) is 33.9 Å². The number of halogens is 9. The van der Waals surface area contributed by atoms with Crippen LogP contribution in [0.4, 0.5) is 40.9 Å². The second-order valence-corrected chi connectivity index (χ2v) is 16.4. The molecule has 1 unspecified atom stereocenters. The molecule has 0 bridgehead atoms. The van der Waals surface area contributed by atoms with E-state index in [1.54, 1.807) is 0 Å². The number of aliphatic hydroxyl groups is 1. The Labute approximate surface area is 329 Å². The minimum absolute atomic E-state index is 0.0231. The van der Waals surface area contributed by atoms with Crippen molar-refractivity contribution in [2.24, 2.45) is 13.0 Å². The molecule has 7 rings (SSSR count). The summed E-state index contributed by atoms with van der Waals surface area (Å²) >= 11 is 6.53. The number of fused-ring (bicyclic) bond motifs is 4. The first kappa shape index (κ1) is 40.9. The van der Waals surface area contributed by atoms with Gasteiger partial charge in [0.1, 0.15) is 35.3 Å². The number of anilines is 1. The normalized spacial score (nSPS) is 18.4. The molecule has 0 radical (unpaired) electrons. The van der Waals surface area contributed by atoms with E-state index in [1.165, 1.54) is 36.0 Å². The number of aryl methyl sites for hydroxylation is 1. The molecule has 3 heterocycles. The lowest BCUT2D eigenvalue weighted by molar-refractivity contribution is -0.123. The summed E-state index contributed by atoms with van der Waals surface area (Å²) in [6.07, 6.45) is -6.12. The van der Waals surface area contributed by atoms with Crippen LogP contribution in [0.3, 0.4) is 0 Å². The highest BCUT2D eigenvalue weighted by Gasteiger charge is 2.67. The second-order valence-electron chi connectivity index (χ2n) is 14.3. The average molecular weight is 856 g/mol. The van der Waals surface area contributed by atoms with Gasteiger partial charge in [-0.2, -0.15) is 19.0 Å². The fourth-order valence-corrected chi connectivity index (χ4v) is 8.00. The van der Waals surface area contributed by atoms with Crippen LogP contribution in [0.5, 0.6) is 0 Å². The summed E-state index contributed by atoms with van der Waals surface area (Å²) in [7, 11) is -2.43. The van der Waals surface area contributed by atoms with Gasteiger partial charge in [-0.3, -0.25) is 18.9 Å². The number of aromatic nitrogens is 5. The maximum Gasteiger partial charge on any atom is 0.293 e. The van der Waals surface area contributed by atoms with Gasteiger partial charge in [-0.1, -0.05) is 23.6 Å². The molecule has 0 aliphatic heterocycles. The number of nitrogens with zero attached hydrogens (tertiary/aromatic N) is 5. The quantitative estimate of drug-likeness (QED) is 0.0986. The van der Waals surface area contributed by atoms with E-state index in [0.717, 1.165) is 25.3 Å². The summed E-state index contributed by atoms with van der Waals surface area (Å²) in [6, 6.07) is 6.53. The van der Waals surface area contributed by atoms with Crippen LogP contribution in [-0.4, -0.2) is 62.3 Å². The van der Waals surface area contributed by atoms with Crippen molar-refractivity contribution in [3.63, 3.8) is 0 Å².